The lowest BCUT2D eigenvalue weighted by atomic mass is 9.93. The van der Waals surface area contributed by atoms with Gasteiger partial charge in [0.2, 0.25) is 5.91 Å². The van der Waals surface area contributed by atoms with Crippen molar-refractivity contribution in [3.05, 3.63) is 48.3 Å². The van der Waals surface area contributed by atoms with Crippen LogP contribution in [-0.2, 0) is 11.3 Å². The number of fused-ring (bicyclic) bond motifs is 1. The fraction of sp³-hybridized carbons (Fsp3) is 0.571. The van der Waals surface area contributed by atoms with Crippen LogP contribution in [0.1, 0.15) is 49.4 Å². The van der Waals surface area contributed by atoms with Gasteiger partial charge in [-0.15, -0.1) is 0 Å². The number of carbonyl (C=O) groups is 1. The molecule has 3 fully saturated rings. The van der Waals surface area contributed by atoms with Gasteiger partial charge in [-0.25, -0.2) is 10.4 Å². The van der Waals surface area contributed by atoms with Gasteiger partial charge in [-0.1, -0.05) is 12.5 Å². The molecular formula is C21H28N6O. The topological polar surface area (TPSA) is 75.1 Å². The van der Waals surface area contributed by atoms with E-state index in [2.05, 4.69) is 36.4 Å². The molecule has 4 heterocycles. The molecule has 4 atom stereocenters. The number of nitrogens with zero attached hydrogens (tertiary/aromatic N) is 4. The van der Waals surface area contributed by atoms with Crippen molar-refractivity contribution in [3.8, 4) is 0 Å². The van der Waals surface area contributed by atoms with Gasteiger partial charge in [-0.2, -0.15) is 0 Å². The Balaban J connectivity index is 1.29. The van der Waals surface area contributed by atoms with Crippen LogP contribution in [-0.4, -0.2) is 50.5 Å². The maximum absolute atomic E-state index is 13.2. The van der Waals surface area contributed by atoms with E-state index in [0.717, 1.165) is 44.7 Å². The van der Waals surface area contributed by atoms with Crippen LogP contribution >= 0.6 is 0 Å². The fourth-order valence-corrected chi connectivity index (χ4v) is 5.20. The third-order valence-corrected chi connectivity index (χ3v) is 6.61. The monoisotopic (exact) mass is 380 g/mol. The summed E-state index contributed by atoms with van der Waals surface area (Å²) in [6, 6.07) is 4.45. The minimum atomic E-state index is -0.0682. The SMILES string of the molecule is O=C(C1NNC2CCCC21)N1CCCC(c2nccn2Cc2cccnc2)C1. The first kappa shape index (κ1) is 17.8. The number of carbonyl (C=O) groups excluding carboxylic acids is 1. The van der Waals surface area contributed by atoms with Crippen LogP contribution in [0.2, 0.25) is 0 Å². The number of amides is 1. The van der Waals surface area contributed by atoms with Crippen molar-refractivity contribution in [1.82, 2.24) is 30.3 Å². The van der Waals surface area contributed by atoms with Gasteiger partial charge in [0, 0.05) is 55.8 Å². The zero-order chi connectivity index (χ0) is 18.9. The van der Waals surface area contributed by atoms with Crippen LogP contribution < -0.4 is 10.9 Å². The Bertz CT molecular complexity index is 821. The van der Waals surface area contributed by atoms with Gasteiger partial charge in [0.25, 0.3) is 0 Å². The molecule has 2 aliphatic heterocycles. The molecule has 0 radical (unpaired) electrons. The van der Waals surface area contributed by atoms with E-state index < -0.39 is 0 Å². The highest BCUT2D eigenvalue weighted by Gasteiger charge is 2.44. The second-order valence-electron chi connectivity index (χ2n) is 8.37. The average Bonchev–Trinajstić information content (AvgIpc) is 3.45. The van der Waals surface area contributed by atoms with E-state index in [1.54, 1.807) is 6.20 Å². The first-order chi connectivity index (χ1) is 13.8. The minimum absolute atomic E-state index is 0.0682. The third-order valence-electron chi connectivity index (χ3n) is 6.61. The largest absolute Gasteiger partial charge is 0.341 e. The molecule has 1 saturated carbocycles. The summed E-state index contributed by atoms with van der Waals surface area (Å²) in [6.07, 6.45) is 13.3. The number of hydrogen-bond acceptors (Lipinski definition) is 5. The van der Waals surface area contributed by atoms with Gasteiger partial charge in [-0.3, -0.25) is 15.2 Å². The third kappa shape index (κ3) is 3.33. The molecule has 7 heteroatoms. The number of rotatable bonds is 4. The number of aromatic nitrogens is 3. The number of hydrazine groups is 1. The first-order valence-electron chi connectivity index (χ1n) is 10.5. The Kier molecular flexibility index (Phi) is 4.86. The quantitative estimate of drug-likeness (QED) is 0.844. The second kappa shape index (κ2) is 7.64. The van der Waals surface area contributed by atoms with Crippen molar-refractivity contribution in [2.45, 2.75) is 56.7 Å². The molecule has 0 spiro atoms. The highest BCUT2D eigenvalue weighted by molar-refractivity contribution is 5.83. The van der Waals surface area contributed by atoms with Crippen LogP contribution in [0.4, 0.5) is 0 Å². The summed E-state index contributed by atoms with van der Waals surface area (Å²) in [4.78, 5) is 24.2. The average molecular weight is 380 g/mol. The Morgan fingerprint density at radius 2 is 2.14 bits per heavy atom. The van der Waals surface area contributed by atoms with E-state index in [0.29, 0.717) is 12.0 Å². The predicted octanol–water partition coefficient (Wildman–Crippen LogP) is 1.68. The summed E-state index contributed by atoms with van der Waals surface area (Å²) >= 11 is 0. The Hall–Kier alpha value is -2.25. The predicted molar refractivity (Wildman–Crippen MR) is 105 cm³/mol. The lowest BCUT2D eigenvalue weighted by Crippen LogP contribution is -2.50. The Morgan fingerprint density at radius 1 is 1.18 bits per heavy atom. The summed E-state index contributed by atoms with van der Waals surface area (Å²) in [6.45, 7) is 2.39. The van der Waals surface area contributed by atoms with E-state index in [1.165, 1.54) is 18.4 Å². The smallest absolute Gasteiger partial charge is 0.241 e. The molecule has 2 aromatic rings. The normalized spacial score (nSPS) is 29.8. The van der Waals surface area contributed by atoms with Crippen LogP contribution in [0.5, 0.6) is 0 Å². The summed E-state index contributed by atoms with van der Waals surface area (Å²) in [5.74, 6) is 2.08. The van der Waals surface area contributed by atoms with Gasteiger partial charge >= 0.3 is 0 Å². The lowest BCUT2D eigenvalue weighted by Gasteiger charge is -2.35. The summed E-state index contributed by atoms with van der Waals surface area (Å²) in [7, 11) is 0. The molecule has 2 N–H and O–H groups in total. The van der Waals surface area contributed by atoms with Gasteiger partial charge in [0.1, 0.15) is 11.9 Å². The summed E-state index contributed by atoms with van der Waals surface area (Å²) in [5.41, 5.74) is 7.79. The van der Waals surface area contributed by atoms with Crippen LogP contribution in [0, 0.1) is 5.92 Å². The highest BCUT2D eigenvalue weighted by Crippen LogP contribution is 2.33. The van der Waals surface area contributed by atoms with Gasteiger partial charge in [0.05, 0.1) is 6.54 Å². The van der Waals surface area contributed by atoms with Crippen molar-refractivity contribution in [3.63, 3.8) is 0 Å². The fourth-order valence-electron chi connectivity index (χ4n) is 5.20. The number of likely N-dealkylation sites (tertiary alicyclic amines) is 1. The summed E-state index contributed by atoms with van der Waals surface area (Å²) < 4.78 is 2.21. The molecule has 148 valence electrons. The molecular weight excluding hydrogens is 352 g/mol. The van der Waals surface area contributed by atoms with Gasteiger partial charge < -0.3 is 9.47 Å². The molecule has 28 heavy (non-hydrogen) atoms. The Morgan fingerprint density at radius 3 is 3.04 bits per heavy atom. The molecule has 7 nitrogen and oxygen atoms in total. The molecule has 0 bridgehead atoms. The number of pyridine rings is 1. The first-order valence-corrected chi connectivity index (χ1v) is 10.5. The molecule has 4 unspecified atom stereocenters. The summed E-state index contributed by atoms with van der Waals surface area (Å²) in [5, 5.41) is 0. The van der Waals surface area contributed by atoms with Crippen molar-refractivity contribution in [2.24, 2.45) is 5.92 Å². The zero-order valence-corrected chi connectivity index (χ0v) is 16.1. The highest BCUT2D eigenvalue weighted by atomic mass is 16.2. The molecule has 3 aliphatic rings. The molecule has 1 amide bonds. The van der Waals surface area contributed by atoms with Gasteiger partial charge in [-0.05, 0) is 37.3 Å². The van der Waals surface area contributed by atoms with Gasteiger partial charge in [0.15, 0.2) is 0 Å². The lowest BCUT2D eigenvalue weighted by molar-refractivity contribution is -0.135. The zero-order valence-electron chi connectivity index (χ0n) is 16.1. The van der Waals surface area contributed by atoms with Crippen LogP contribution in [0.15, 0.2) is 36.9 Å². The van der Waals surface area contributed by atoms with E-state index >= 15 is 0 Å². The van der Waals surface area contributed by atoms with Crippen LogP contribution in [0.3, 0.4) is 0 Å². The van der Waals surface area contributed by atoms with E-state index in [1.807, 2.05) is 24.7 Å². The molecule has 0 aromatic carbocycles. The molecule has 2 aromatic heterocycles. The molecule has 1 aliphatic carbocycles. The van der Waals surface area contributed by atoms with Crippen molar-refractivity contribution >= 4 is 5.91 Å². The van der Waals surface area contributed by atoms with Crippen molar-refractivity contribution in [2.75, 3.05) is 13.1 Å². The number of nitrogens with one attached hydrogen (secondary N) is 2. The number of piperidine rings is 1. The molecule has 2 saturated heterocycles. The number of hydrogen-bond donors (Lipinski definition) is 2. The maximum atomic E-state index is 13.2. The Labute approximate surface area is 165 Å². The second-order valence-corrected chi connectivity index (χ2v) is 8.37. The van der Waals surface area contributed by atoms with E-state index in [9.17, 15) is 4.79 Å². The maximum Gasteiger partial charge on any atom is 0.241 e. The number of imidazole rings is 1. The minimum Gasteiger partial charge on any atom is -0.341 e. The van der Waals surface area contributed by atoms with Crippen molar-refractivity contribution < 1.29 is 4.79 Å². The molecule has 5 rings (SSSR count). The standard InChI is InChI=1S/C21H28N6O/c28-21(19-17-6-1-7-18(17)24-25-19)27-10-3-5-16(14-27)20-23-9-11-26(20)13-15-4-2-8-22-12-15/h2,4,8-9,11-12,16-19,24-25H,1,3,5-7,10,13-14H2. The van der Waals surface area contributed by atoms with Crippen molar-refractivity contribution in [1.29, 1.82) is 0 Å². The van der Waals surface area contributed by atoms with E-state index in [4.69, 9.17) is 0 Å². The van der Waals surface area contributed by atoms with E-state index in [-0.39, 0.29) is 17.9 Å². The van der Waals surface area contributed by atoms with Crippen LogP contribution in [0.25, 0.3) is 0 Å².